The molecule has 9 heteroatoms. The molecule has 2 rings (SSSR count). The number of aromatic nitrogens is 2. The van der Waals surface area contributed by atoms with Gasteiger partial charge in [-0.15, -0.1) is 0 Å². The predicted octanol–water partition coefficient (Wildman–Crippen LogP) is 2.65. The van der Waals surface area contributed by atoms with Gasteiger partial charge in [0.1, 0.15) is 5.56 Å². The summed E-state index contributed by atoms with van der Waals surface area (Å²) in [4.78, 5) is 41.6. The lowest BCUT2D eigenvalue weighted by Crippen LogP contribution is -2.22. The fourth-order valence-electron chi connectivity index (χ4n) is 2.52. The number of nitro benzene ring substituents is 1. The first-order valence-corrected chi connectivity index (χ1v) is 7.94. The van der Waals surface area contributed by atoms with Gasteiger partial charge < -0.3 is 14.5 Å². The number of rotatable bonds is 6. The maximum Gasteiger partial charge on any atom is 0.345 e. The second-order valence-electron chi connectivity index (χ2n) is 5.70. The molecule has 0 radical (unpaired) electrons. The van der Waals surface area contributed by atoms with Crippen molar-refractivity contribution in [3.63, 3.8) is 0 Å². The Bertz CT molecular complexity index is 904. The predicted molar refractivity (Wildman–Crippen MR) is 93.5 cm³/mol. The van der Waals surface area contributed by atoms with E-state index in [9.17, 15) is 19.7 Å². The van der Waals surface area contributed by atoms with Gasteiger partial charge in [0, 0.05) is 17.3 Å². The summed E-state index contributed by atoms with van der Waals surface area (Å²) in [5.41, 5.74) is -0.240. The molecule has 0 spiro atoms. The lowest BCUT2D eigenvalue weighted by molar-refractivity contribution is -0.385. The molecule has 0 fully saturated rings. The van der Waals surface area contributed by atoms with Crippen molar-refractivity contribution >= 4 is 11.7 Å². The Labute approximate surface area is 149 Å². The molecule has 1 N–H and O–H groups in total. The standard InChI is InChI=1S/C17H19N3O6/c1-5-26-16(21)13-14(9(2)3)18-17(22)19-15(13)10-6-7-12(25-4)11(8-10)20(23)24/h6-9H,5H2,1-4H3,(H,18,19,22). The summed E-state index contributed by atoms with van der Waals surface area (Å²) in [6.45, 7) is 5.39. The summed E-state index contributed by atoms with van der Waals surface area (Å²) >= 11 is 0. The second kappa shape index (κ2) is 7.77. The topological polar surface area (TPSA) is 124 Å². The van der Waals surface area contributed by atoms with Gasteiger partial charge in [-0.2, -0.15) is 4.98 Å². The Morgan fingerprint density at radius 1 is 1.38 bits per heavy atom. The molecule has 0 amide bonds. The smallest absolute Gasteiger partial charge is 0.345 e. The fourth-order valence-corrected chi connectivity index (χ4v) is 2.52. The number of aromatic amines is 1. The van der Waals surface area contributed by atoms with Crippen molar-refractivity contribution in [2.75, 3.05) is 13.7 Å². The number of nitrogens with zero attached hydrogens (tertiary/aromatic N) is 2. The fraction of sp³-hybridized carbons (Fsp3) is 0.353. The summed E-state index contributed by atoms with van der Waals surface area (Å²) in [7, 11) is 1.31. The molecule has 1 aromatic carbocycles. The quantitative estimate of drug-likeness (QED) is 0.476. The van der Waals surface area contributed by atoms with Crippen LogP contribution in [0.5, 0.6) is 5.75 Å². The number of nitro groups is 1. The van der Waals surface area contributed by atoms with Crippen molar-refractivity contribution in [1.82, 2.24) is 9.97 Å². The molecule has 26 heavy (non-hydrogen) atoms. The zero-order valence-corrected chi connectivity index (χ0v) is 14.9. The zero-order chi connectivity index (χ0) is 19.4. The van der Waals surface area contributed by atoms with Gasteiger partial charge in [-0.05, 0) is 25.0 Å². The van der Waals surface area contributed by atoms with E-state index >= 15 is 0 Å². The molecule has 0 bridgehead atoms. The molecule has 0 saturated heterocycles. The van der Waals surface area contributed by atoms with Gasteiger partial charge in [0.15, 0.2) is 5.75 Å². The molecule has 138 valence electrons. The molecular formula is C17H19N3O6. The molecule has 1 aromatic heterocycles. The van der Waals surface area contributed by atoms with Gasteiger partial charge in [0.05, 0.1) is 24.3 Å². The Morgan fingerprint density at radius 3 is 2.62 bits per heavy atom. The van der Waals surface area contributed by atoms with Gasteiger partial charge in [-0.1, -0.05) is 13.8 Å². The van der Waals surface area contributed by atoms with Crippen molar-refractivity contribution < 1.29 is 19.2 Å². The van der Waals surface area contributed by atoms with Gasteiger partial charge in [-0.3, -0.25) is 10.1 Å². The highest BCUT2D eigenvalue weighted by Crippen LogP contribution is 2.34. The normalized spacial score (nSPS) is 10.7. The number of methoxy groups -OCH3 is 1. The lowest BCUT2D eigenvalue weighted by atomic mass is 9.98. The van der Waals surface area contributed by atoms with Crippen molar-refractivity contribution in [3.8, 4) is 17.0 Å². The first kappa shape index (κ1) is 19.1. The maximum atomic E-state index is 12.5. The highest BCUT2D eigenvalue weighted by molar-refractivity contribution is 5.97. The van der Waals surface area contributed by atoms with Gasteiger partial charge >= 0.3 is 17.3 Å². The van der Waals surface area contributed by atoms with E-state index in [1.54, 1.807) is 20.8 Å². The number of carbonyl (C=O) groups excluding carboxylic acids is 1. The molecule has 2 aromatic rings. The first-order chi connectivity index (χ1) is 12.3. The molecule has 0 aliphatic carbocycles. The van der Waals surface area contributed by atoms with Crippen LogP contribution in [-0.2, 0) is 4.74 Å². The lowest BCUT2D eigenvalue weighted by Gasteiger charge is -2.15. The molecule has 9 nitrogen and oxygen atoms in total. The van der Waals surface area contributed by atoms with E-state index in [4.69, 9.17) is 9.47 Å². The van der Waals surface area contributed by atoms with Crippen LogP contribution in [0.4, 0.5) is 5.69 Å². The summed E-state index contributed by atoms with van der Waals surface area (Å²) in [5, 5.41) is 11.3. The van der Waals surface area contributed by atoms with E-state index in [-0.39, 0.29) is 40.8 Å². The maximum absolute atomic E-state index is 12.5. The van der Waals surface area contributed by atoms with E-state index < -0.39 is 16.6 Å². The number of nitrogens with one attached hydrogen (secondary N) is 1. The summed E-state index contributed by atoms with van der Waals surface area (Å²) in [6, 6.07) is 4.11. The van der Waals surface area contributed by atoms with Crippen LogP contribution in [0.1, 0.15) is 42.7 Å². The molecule has 0 unspecified atom stereocenters. The molecule has 1 heterocycles. The number of carbonyl (C=O) groups is 1. The van der Waals surface area contributed by atoms with Crippen LogP contribution in [0.3, 0.4) is 0 Å². The minimum Gasteiger partial charge on any atom is -0.490 e. The summed E-state index contributed by atoms with van der Waals surface area (Å²) < 4.78 is 10.1. The third kappa shape index (κ3) is 3.71. The monoisotopic (exact) mass is 361 g/mol. The van der Waals surface area contributed by atoms with Crippen LogP contribution in [0, 0.1) is 10.1 Å². The van der Waals surface area contributed by atoms with Crippen LogP contribution in [0.15, 0.2) is 23.0 Å². The molecular weight excluding hydrogens is 342 g/mol. The van der Waals surface area contributed by atoms with Crippen molar-refractivity contribution in [2.45, 2.75) is 26.7 Å². The van der Waals surface area contributed by atoms with E-state index in [1.807, 2.05) is 0 Å². The average molecular weight is 361 g/mol. The van der Waals surface area contributed by atoms with Gasteiger partial charge in [-0.25, -0.2) is 9.59 Å². The minimum absolute atomic E-state index is 0.0293. The third-order valence-corrected chi connectivity index (χ3v) is 3.67. The van der Waals surface area contributed by atoms with Crippen molar-refractivity contribution in [1.29, 1.82) is 0 Å². The van der Waals surface area contributed by atoms with Crippen molar-refractivity contribution in [2.24, 2.45) is 0 Å². The van der Waals surface area contributed by atoms with Gasteiger partial charge in [0.2, 0.25) is 0 Å². The minimum atomic E-state index is -0.659. The van der Waals surface area contributed by atoms with E-state index in [0.717, 1.165) is 0 Å². The number of hydrogen-bond acceptors (Lipinski definition) is 7. The number of benzene rings is 1. The second-order valence-corrected chi connectivity index (χ2v) is 5.70. The Hall–Kier alpha value is -3.23. The van der Waals surface area contributed by atoms with Crippen LogP contribution in [-0.4, -0.2) is 34.6 Å². The highest BCUT2D eigenvalue weighted by atomic mass is 16.6. The van der Waals surface area contributed by atoms with Crippen molar-refractivity contribution in [3.05, 3.63) is 50.1 Å². The Balaban J connectivity index is 2.80. The SMILES string of the molecule is CCOC(=O)c1c(-c2ccc(OC)c([N+](=O)[O-])c2)nc(=O)[nH]c1C(C)C. The third-order valence-electron chi connectivity index (χ3n) is 3.67. The average Bonchev–Trinajstić information content (AvgIpc) is 2.60. The summed E-state index contributed by atoms with van der Waals surface area (Å²) in [5.74, 6) is -0.795. The molecule has 0 aliphatic heterocycles. The zero-order valence-electron chi connectivity index (χ0n) is 14.9. The van der Waals surface area contributed by atoms with Crippen LogP contribution >= 0.6 is 0 Å². The van der Waals surface area contributed by atoms with Gasteiger partial charge in [0.25, 0.3) is 0 Å². The van der Waals surface area contributed by atoms with E-state index in [0.29, 0.717) is 5.69 Å². The number of H-pyrrole nitrogens is 1. The molecule has 0 atom stereocenters. The van der Waals surface area contributed by atoms with Crippen LogP contribution < -0.4 is 10.4 Å². The highest BCUT2D eigenvalue weighted by Gasteiger charge is 2.25. The molecule has 0 saturated carbocycles. The Kier molecular flexibility index (Phi) is 5.71. The number of hydrogen-bond donors (Lipinski definition) is 1. The van der Waals surface area contributed by atoms with E-state index in [1.165, 1.54) is 25.3 Å². The molecule has 0 aliphatic rings. The summed E-state index contributed by atoms with van der Waals surface area (Å²) in [6.07, 6.45) is 0. The van der Waals surface area contributed by atoms with E-state index in [2.05, 4.69) is 9.97 Å². The van der Waals surface area contributed by atoms with Crippen LogP contribution in [0.2, 0.25) is 0 Å². The number of ether oxygens (including phenoxy) is 2. The first-order valence-electron chi connectivity index (χ1n) is 7.94. The Morgan fingerprint density at radius 2 is 2.08 bits per heavy atom. The number of esters is 1. The van der Waals surface area contributed by atoms with Crippen LogP contribution in [0.25, 0.3) is 11.3 Å². The largest absolute Gasteiger partial charge is 0.490 e.